The molecule has 1 saturated carbocycles. The molecule has 2 aliphatic rings. The van der Waals surface area contributed by atoms with Gasteiger partial charge < -0.3 is 20.7 Å². The number of primary amides is 1. The van der Waals surface area contributed by atoms with E-state index in [0.717, 1.165) is 31.0 Å². The third kappa shape index (κ3) is 5.03. The number of halogens is 3. The molecule has 0 radical (unpaired) electrons. The summed E-state index contributed by atoms with van der Waals surface area (Å²) >= 11 is 6.47. The predicted octanol–water partition coefficient (Wildman–Crippen LogP) is 4.27. The van der Waals surface area contributed by atoms with E-state index in [1.807, 2.05) is 6.92 Å². The van der Waals surface area contributed by atoms with Crippen LogP contribution in [0.4, 0.5) is 19.3 Å². The van der Waals surface area contributed by atoms with Gasteiger partial charge in [-0.1, -0.05) is 11.6 Å². The van der Waals surface area contributed by atoms with Crippen molar-refractivity contribution < 1.29 is 23.1 Å². The number of pyridine rings is 1. The number of ether oxygens (including phenoxy) is 1. The molecule has 4 rings (SSSR count). The average molecular weight is 479 g/mol. The van der Waals surface area contributed by atoms with Gasteiger partial charge in [0.2, 0.25) is 0 Å². The molecule has 1 saturated heterocycles. The van der Waals surface area contributed by atoms with Crippen molar-refractivity contribution in [1.82, 2.24) is 10.3 Å². The van der Waals surface area contributed by atoms with Crippen LogP contribution in [0.2, 0.25) is 5.02 Å². The maximum absolute atomic E-state index is 14.1. The number of benzene rings is 1. The Balaban J connectivity index is 1.82. The van der Waals surface area contributed by atoms with Crippen LogP contribution < -0.4 is 16.0 Å². The second kappa shape index (κ2) is 8.78. The van der Waals surface area contributed by atoms with Crippen LogP contribution in [0.15, 0.2) is 24.4 Å². The topological polar surface area (TPSA) is 97.6 Å². The number of rotatable bonds is 6. The first kappa shape index (κ1) is 23.2. The van der Waals surface area contributed by atoms with Crippen LogP contribution in [0.1, 0.15) is 43.6 Å². The number of anilines is 1. The molecule has 0 bridgehead atoms. The van der Waals surface area contributed by atoms with Crippen molar-refractivity contribution in [2.24, 2.45) is 11.7 Å². The molecule has 2 fully saturated rings. The molecule has 3 N–H and O–H groups in total. The minimum atomic E-state index is -0.910. The van der Waals surface area contributed by atoms with Crippen LogP contribution in [0.3, 0.4) is 0 Å². The van der Waals surface area contributed by atoms with E-state index in [1.165, 1.54) is 6.20 Å². The van der Waals surface area contributed by atoms with Gasteiger partial charge in [-0.2, -0.15) is 0 Å². The molecule has 2 heterocycles. The molecule has 0 spiro atoms. The molecule has 7 nitrogen and oxygen atoms in total. The maximum Gasteiger partial charge on any atom is 0.405 e. The summed E-state index contributed by atoms with van der Waals surface area (Å²) in [6.07, 6.45) is 2.91. The first-order valence-electron chi connectivity index (χ1n) is 10.8. The van der Waals surface area contributed by atoms with Crippen molar-refractivity contribution in [3.8, 4) is 11.1 Å². The average Bonchev–Trinajstić information content (AvgIpc) is 3.49. The van der Waals surface area contributed by atoms with Crippen molar-refractivity contribution in [3.05, 3.63) is 46.7 Å². The minimum absolute atomic E-state index is 0.0417. The normalized spacial score (nSPS) is 21.1. The Morgan fingerprint density at radius 2 is 1.97 bits per heavy atom. The Morgan fingerprint density at radius 3 is 2.58 bits per heavy atom. The van der Waals surface area contributed by atoms with E-state index in [9.17, 15) is 18.4 Å². The number of nitrogens with one attached hydrogen (secondary N) is 1. The number of aromatic nitrogens is 1. The Labute approximate surface area is 195 Å². The summed E-state index contributed by atoms with van der Waals surface area (Å²) in [6.45, 7) is 4.24. The lowest BCUT2D eigenvalue weighted by molar-refractivity contribution is 0.0480. The molecule has 2 amide bonds. The van der Waals surface area contributed by atoms with Gasteiger partial charge in [-0.05, 0) is 50.3 Å². The van der Waals surface area contributed by atoms with E-state index >= 15 is 0 Å². The maximum atomic E-state index is 14.1. The van der Waals surface area contributed by atoms with E-state index in [0.29, 0.717) is 24.6 Å². The second-order valence-electron chi connectivity index (χ2n) is 8.98. The third-order valence-electron chi connectivity index (χ3n) is 6.16. The molecular weight excluding hydrogens is 454 g/mol. The lowest BCUT2D eigenvalue weighted by atomic mass is 10.0. The highest BCUT2D eigenvalue weighted by molar-refractivity contribution is 6.34. The Hall–Kier alpha value is -2.94. The fourth-order valence-electron chi connectivity index (χ4n) is 4.36. The number of carbonyl (C=O) groups excluding carboxylic acids is 2. The van der Waals surface area contributed by atoms with Crippen LogP contribution in [-0.2, 0) is 4.74 Å². The van der Waals surface area contributed by atoms with Crippen molar-refractivity contribution >= 4 is 29.3 Å². The summed E-state index contributed by atoms with van der Waals surface area (Å²) in [5, 5.41) is 3.10. The SMILES string of the molecule is CC(NC(=O)c1ncc(Cl)c(-c2cc(F)cc(F)c2)c1N1CC[C@](C)(OC(N)=O)C1)C1CC1. The van der Waals surface area contributed by atoms with Gasteiger partial charge >= 0.3 is 6.09 Å². The van der Waals surface area contributed by atoms with Gasteiger partial charge in [0, 0.05) is 36.8 Å². The molecule has 2 atom stereocenters. The summed E-state index contributed by atoms with van der Waals surface area (Å²) < 4.78 is 33.5. The lowest BCUT2D eigenvalue weighted by Gasteiger charge is -2.28. The minimum Gasteiger partial charge on any atom is -0.441 e. The van der Waals surface area contributed by atoms with E-state index in [-0.39, 0.29) is 34.4 Å². The van der Waals surface area contributed by atoms with Gasteiger partial charge in [0.05, 0.1) is 17.3 Å². The summed E-state index contributed by atoms with van der Waals surface area (Å²) in [5.41, 5.74) is 5.17. The zero-order chi connectivity index (χ0) is 23.9. The molecule has 33 heavy (non-hydrogen) atoms. The Kier molecular flexibility index (Phi) is 6.18. The predicted molar refractivity (Wildman–Crippen MR) is 120 cm³/mol. The van der Waals surface area contributed by atoms with Crippen LogP contribution in [0.5, 0.6) is 0 Å². The lowest BCUT2D eigenvalue weighted by Crippen LogP contribution is -2.39. The summed E-state index contributed by atoms with van der Waals surface area (Å²) in [6, 6.07) is 3.02. The van der Waals surface area contributed by atoms with Crippen molar-refractivity contribution in [2.75, 3.05) is 18.0 Å². The Morgan fingerprint density at radius 1 is 1.30 bits per heavy atom. The van der Waals surface area contributed by atoms with Crippen molar-refractivity contribution in [1.29, 1.82) is 0 Å². The highest BCUT2D eigenvalue weighted by Gasteiger charge is 2.40. The molecule has 1 aliphatic heterocycles. The monoisotopic (exact) mass is 478 g/mol. The number of hydrogen-bond donors (Lipinski definition) is 2. The molecule has 10 heteroatoms. The van der Waals surface area contributed by atoms with Gasteiger partial charge in [0.1, 0.15) is 17.2 Å². The van der Waals surface area contributed by atoms with Gasteiger partial charge in [-0.25, -0.2) is 18.6 Å². The molecule has 1 unspecified atom stereocenters. The van der Waals surface area contributed by atoms with Crippen molar-refractivity contribution in [3.63, 3.8) is 0 Å². The summed E-state index contributed by atoms with van der Waals surface area (Å²) in [5.74, 6) is -1.55. The molecule has 1 aromatic carbocycles. The van der Waals surface area contributed by atoms with Gasteiger partial charge in [0.25, 0.3) is 5.91 Å². The zero-order valence-corrected chi connectivity index (χ0v) is 19.1. The van der Waals surface area contributed by atoms with Gasteiger partial charge in [0.15, 0.2) is 5.69 Å². The fourth-order valence-corrected chi connectivity index (χ4v) is 4.61. The number of nitrogens with two attached hydrogens (primary N) is 1. The van der Waals surface area contributed by atoms with E-state index in [2.05, 4.69) is 10.3 Å². The molecule has 1 aliphatic carbocycles. The standard InChI is InChI=1S/C23H25ClF2N4O3/c1-12(13-3-4-13)29-21(31)19-20(30-6-5-23(2,11-30)33-22(27)32)18(17(24)10-28-19)14-7-15(25)9-16(26)8-14/h7-10,12-13H,3-6,11H2,1-2H3,(H2,27,32)(H,29,31)/t12?,23-/m0/s1. The number of nitrogens with zero attached hydrogens (tertiary/aromatic N) is 2. The number of amides is 2. The van der Waals surface area contributed by atoms with Crippen LogP contribution in [0.25, 0.3) is 11.1 Å². The summed E-state index contributed by atoms with van der Waals surface area (Å²) in [4.78, 5) is 30.7. The molecule has 176 valence electrons. The van der Waals surface area contributed by atoms with E-state index < -0.39 is 29.2 Å². The molecule has 1 aromatic heterocycles. The molecule has 2 aromatic rings. The van der Waals surface area contributed by atoms with Gasteiger partial charge in [-0.3, -0.25) is 4.79 Å². The largest absolute Gasteiger partial charge is 0.441 e. The fraction of sp³-hybridized carbons (Fsp3) is 0.435. The van der Waals surface area contributed by atoms with E-state index in [4.69, 9.17) is 22.1 Å². The third-order valence-corrected chi connectivity index (χ3v) is 6.45. The number of hydrogen-bond acceptors (Lipinski definition) is 5. The number of carbonyl (C=O) groups is 2. The highest BCUT2D eigenvalue weighted by atomic mass is 35.5. The smallest absolute Gasteiger partial charge is 0.405 e. The van der Waals surface area contributed by atoms with Crippen LogP contribution >= 0.6 is 11.6 Å². The second-order valence-corrected chi connectivity index (χ2v) is 9.39. The van der Waals surface area contributed by atoms with Crippen LogP contribution in [-0.4, -0.2) is 41.7 Å². The Bertz CT molecular complexity index is 1090. The van der Waals surface area contributed by atoms with Gasteiger partial charge in [-0.15, -0.1) is 0 Å². The van der Waals surface area contributed by atoms with Crippen molar-refractivity contribution in [2.45, 2.75) is 44.8 Å². The van der Waals surface area contributed by atoms with E-state index in [1.54, 1.807) is 11.8 Å². The first-order chi connectivity index (χ1) is 15.6. The first-order valence-corrected chi connectivity index (χ1v) is 11.1. The highest BCUT2D eigenvalue weighted by Crippen LogP contribution is 2.42. The quantitative estimate of drug-likeness (QED) is 0.646. The summed E-state index contributed by atoms with van der Waals surface area (Å²) in [7, 11) is 0. The van der Waals surface area contributed by atoms with Crippen LogP contribution in [0, 0.1) is 17.6 Å². The zero-order valence-electron chi connectivity index (χ0n) is 18.3. The molecular formula is C23H25ClF2N4O3.